The smallest absolute Gasteiger partial charge is 0.338 e. The van der Waals surface area contributed by atoms with Crippen LogP contribution in [0.25, 0.3) is 0 Å². The Bertz CT molecular complexity index is 787. The molecule has 0 spiro atoms. The summed E-state index contributed by atoms with van der Waals surface area (Å²) in [6.07, 6.45) is 0.497. The third-order valence-electron chi connectivity index (χ3n) is 3.48. The molecule has 2 N–H and O–H groups in total. The predicted molar refractivity (Wildman–Crippen MR) is 95.4 cm³/mol. The van der Waals surface area contributed by atoms with Gasteiger partial charge in [0.25, 0.3) is 0 Å². The van der Waals surface area contributed by atoms with E-state index < -0.39 is 18.2 Å². The lowest BCUT2D eigenvalue weighted by atomic mass is 10.1. The summed E-state index contributed by atoms with van der Waals surface area (Å²) in [5, 5.41) is 19.0. The number of hydrogen-bond donors (Lipinski definition) is 2. The van der Waals surface area contributed by atoms with E-state index in [0.29, 0.717) is 17.6 Å². The number of benzene rings is 2. The van der Waals surface area contributed by atoms with E-state index in [9.17, 15) is 19.8 Å². The van der Waals surface area contributed by atoms with Crippen molar-refractivity contribution in [2.45, 2.75) is 39.6 Å². The fraction of sp³-hybridized carbons (Fsp3) is 0.300. The van der Waals surface area contributed by atoms with Crippen LogP contribution in [-0.2, 0) is 18.0 Å². The highest BCUT2D eigenvalue weighted by molar-refractivity contribution is 5.89. The van der Waals surface area contributed by atoms with Crippen molar-refractivity contribution in [3.05, 3.63) is 58.7 Å². The largest absolute Gasteiger partial charge is 0.507 e. The van der Waals surface area contributed by atoms with Crippen LogP contribution in [0, 0.1) is 0 Å². The van der Waals surface area contributed by atoms with Gasteiger partial charge in [-0.25, -0.2) is 4.79 Å². The summed E-state index contributed by atoms with van der Waals surface area (Å²) in [5.41, 5.74) is 0.956. The molecule has 26 heavy (non-hydrogen) atoms. The Hall–Kier alpha value is -2.86. The Labute approximate surface area is 152 Å². The first-order valence-electron chi connectivity index (χ1n) is 8.10. The van der Waals surface area contributed by atoms with Gasteiger partial charge in [0.15, 0.2) is 6.29 Å². The quantitative estimate of drug-likeness (QED) is 0.608. The SMILES string of the molecule is CC(C)(C)OC(=O)c1ccc(COc2cc(C=O)c(O)c(CO)c2)cc1. The van der Waals surface area contributed by atoms with E-state index in [1.807, 2.05) is 0 Å². The zero-order valence-electron chi connectivity index (χ0n) is 15.0. The number of carbonyl (C=O) groups is 2. The summed E-state index contributed by atoms with van der Waals surface area (Å²) >= 11 is 0. The van der Waals surface area contributed by atoms with Gasteiger partial charge in [-0.1, -0.05) is 12.1 Å². The Morgan fingerprint density at radius 3 is 2.35 bits per heavy atom. The molecular formula is C20H22O6. The molecule has 2 rings (SSSR count). The van der Waals surface area contributed by atoms with Crippen LogP contribution in [0.3, 0.4) is 0 Å². The van der Waals surface area contributed by atoms with Crippen molar-refractivity contribution in [3.63, 3.8) is 0 Å². The molecule has 0 atom stereocenters. The fourth-order valence-electron chi connectivity index (χ4n) is 2.22. The molecule has 0 fully saturated rings. The molecule has 138 valence electrons. The van der Waals surface area contributed by atoms with Crippen molar-refractivity contribution in [2.24, 2.45) is 0 Å². The Balaban J connectivity index is 2.06. The molecule has 0 radical (unpaired) electrons. The second-order valence-electron chi connectivity index (χ2n) is 6.78. The zero-order valence-corrected chi connectivity index (χ0v) is 15.0. The molecule has 0 bridgehead atoms. The highest BCUT2D eigenvalue weighted by atomic mass is 16.6. The molecule has 0 aliphatic carbocycles. The number of hydrogen-bond acceptors (Lipinski definition) is 6. The third-order valence-corrected chi connectivity index (χ3v) is 3.48. The lowest BCUT2D eigenvalue weighted by molar-refractivity contribution is 0.00694. The van der Waals surface area contributed by atoms with E-state index in [4.69, 9.17) is 9.47 Å². The molecule has 0 saturated carbocycles. The summed E-state index contributed by atoms with van der Waals surface area (Å²) in [4.78, 5) is 23.0. The number of esters is 1. The molecule has 0 heterocycles. The van der Waals surface area contributed by atoms with E-state index >= 15 is 0 Å². The van der Waals surface area contributed by atoms with Gasteiger partial charge in [0.05, 0.1) is 17.7 Å². The van der Waals surface area contributed by atoms with Gasteiger partial charge >= 0.3 is 5.97 Å². The second kappa shape index (κ2) is 8.01. The van der Waals surface area contributed by atoms with Gasteiger partial charge in [0.2, 0.25) is 0 Å². The minimum Gasteiger partial charge on any atom is -0.507 e. The van der Waals surface area contributed by atoms with Gasteiger partial charge in [-0.15, -0.1) is 0 Å². The van der Waals surface area contributed by atoms with Crippen molar-refractivity contribution in [3.8, 4) is 11.5 Å². The summed E-state index contributed by atoms with van der Waals surface area (Å²) in [5.74, 6) is -0.298. The number of aliphatic hydroxyl groups excluding tert-OH is 1. The average Bonchev–Trinajstić information content (AvgIpc) is 2.59. The summed E-state index contributed by atoms with van der Waals surface area (Å²) in [7, 11) is 0. The van der Waals surface area contributed by atoms with Crippen molar-refractivity contribution in [2.75, 3.05) is 0 Å². The fourth-order valence-corrected chi connectivity index (χ4v) is 2.22. The molecule has 0 aromatic heterocycles. The van der Waals surface area contributed by atoms with Crippen molar-refractivity contribution in [1.82, 2.24) is 0 Å². The van der Waals surface area contributed by atoms with Crippen LogP contribution < -0.4 is 4.74 Å². The minimum atomic E-state index is -0.557. The molecule has 0 unspecified atom stereocenters. The van der Waals surface area contributed by atoms with Crippen LogP contribution in [0.4, 0.5) is 0 Å². The molecule has 6 heteroatoms. The van der Waals surface area contributed by atoms with Gasteiger partial charge in [0.1, 0.15) is 23.7 Å². The molecule has 0 amide bonds. The number of rotatable bonds is 6. The Morgan fingerprint density at radius 2 is 1.81 bits per heavy atom. The number of aromatic hydroxyl groups is 1. The van der Waals surface area contributed by atoms with Gasteiger partial charge in [-0.3, -0.25) is 4.79 Å². The second-order valence-corrected chi connectivity index (χ2v) is 6.78. The number of aldehydes is 1. The van der Waals surface area contributed by atoms with Crippen LogP contribution in [0.5, 0.6) is 11.5 Å². The number of ether oxygens (including phenoxy) is 2. The van der Waals surface area contributed by atoms with Crippen LogP contribution >= 0.6 is 0 Å². The molecular weight excluding hydrogens is 336 g/mol. The summed E-state index contributed by atoms with van der Waals surface area (Å²) in [6, 6.07) is 9.66. The lowest BCUT2D eigenvalue weighted by Gasteiger charge is -2.19. The van der Waals surface area contributed by atoms with E-state index in [0.717, 1.165) is 5.56 Å². The zero-order chi connectivity index (χ0) is 19.3. The van der Waals surface area contributed by atoms with Crippen LogP contribution in [0.2, 0.25) is 0 Å². The maximum absolute atomic E-state index is 12.0. The van der Waals surface area contributed by atoms with Gasteiger partial charge < -0.3 is 19.7 Å². The molecule has 0 aliphatic heterocycles. The highest BCUT2D eigenvalue weighted by Gasteiger charge is 2.17. The van der Waals surface area contributed by atoms with Crippen molar-refractivity contribution < 1.29 is 29.3 Å². The first-order chi connectivity index (χ1) is 12.2. The third kappa shape index (κ3) is 5.07. The van der Waals surface area contributed by atoms with Gasteiger partial charge in [-0.2, -0.15) is 0 Å². The Kier molecular flexibility index (Phi) is 6.00. The summed E-state index contributed by atoms with van der Waals surface area (Å²) in [6.45, 7) is 5.20. The molecule has 6 nitrogen and oxygen atoms in total. The van der Waals surface area contributed by atoms with E-state index in [-0.39, 0.29) is 23.5 Å². The van der Waals surface area contributed by atoms with Gasteiger partial charge in [-0.05, 0) is 50.6 Å². The first kappa shape index (κ1) is 19.5. The van der Waals surface area contributed by atoms with Crippen LogP contribution in [0.1, 0.15) is 52.6 Å². The predicted octanol–water partition coefficient (Wildman–Crippen LogP) is 3.23. The van der Waals surface area contributed by atoms with Crippen LogP contribution in [-0.4, -0.2) is 28.1 Å². The topological polar surface area (TPSA) is 93.1 Å². The normalized spacial score (nSPS) is 11.1. The molecule has 2 aromatic rings. The maximum atomic E-state index is 12.0. The number of aliphatic hydroxyl groups is 1. The minimum absolute atomic E-state index is 0.0480. The highest BCUT2D eigenvalue weighted by Crippen LogP contribution is 2.28. The maximum Gasteiger partial charge on any atom is 0.338 e. The molecule has 0 aliphatic rings. The van der Waals surface area contributed by atoms with E-state index in [1.54, 1.807) is 45.0 Å². The number of carbonyl (C=O) groups excluding carboxylic acids is 2. The monoisotopic (exact) mass is 358 g/mol. The lowest BCUT2D eigenvalue weighted by Crippen LogP contribution is -2.23. The van der Waals surface area contributed by atoms with Gasteiger partial charge in [0, 0.05) is 5.56 Å². The Morgan fingerprint density at radius 1 is 1.15 bits per heavy atom. The van der Waals surface area contributed by atoms with E-state index in [2.05, 4.69) is 0 Å². The summed E-state index contributed by atoms with van der Waals surface area (Å²) < 4.78 is 10.9. The van der Waals surface area contributed by atoms with Crippen molar-refractivity contribution in [1.29, 1.82) is 0 Å². The van der Waals surface area contributed by atoms with Crippen LogP contribution in [0.15, 0.2) is 36.4 Å². The molecule has 0 saturated heterocycles. The first-order valence-corrected chi connectivity index (χ1v) is 8.10. The van der Waals surface area contributed by atoms with Crippen molar-refractivity contribution >= 4 is 12.3 Å². The average molecular weight is 358 g/mol. The van der Waals surface area contributed by atoms with E-state index in [1.165, 1.54) is 12.1 Å². The standard InChI is InChI=1S/C20H22O6/c1-20(2,3)26-19(24)14-6-4-13(5-7-14)12-25-17-8-15(10-21)18(23)16(9-17)11-22/h4-10,22-23H,11-12H2,1-3H3. The molecule has 2 aromatic carbocycles. The number of phenols is 1.